The molecule has 1 aliphatic rings. The van der Waals surface area contributed by atoms with Crippen LogP contribution in [-0.4, -0.2) is 45.9 Å². The van der Waals surface area contributed by atoms with Gasteiger partial charge in [-0.3, -0.25) is 19.2 Å². The maximum absolute atomic E-state index is 12.6. The van der Waals surface area contributed by atoms with Gasteiger partial charge in [0.05, 0.1) is 16.8 Å². The zero-order valence-electron chi connectivity index (χ0n) is 20.2. The smallest absolute Gasteiger partial charge is 0.314 e. The van der Waals surface area contributed by atoms with Crippen molar-refractivity contribution in [1.82, 2.24) is 20.3 Å². The van der Waals surface area contributed by atoms with Gasteiger partial charge in [-0.15, -0.1) is 0 Å². The molecular formula is C27H24N6O5. The Morgan fingerprint density at radius 2 is 1.68 bits per heavy atom. The third-order valence-corrected chi connectivity index (χ3v) is 6.23. The molecule has 1 fully saturated rings. The van der Waals surface area contributed by atoms with Gasteiger partial charge in [0, 0.05) is 24.7 Å². The maximum Gasteiger partial charge on any atom is 0.314 e. The zero-order valence-corrected chi connectivity index (χ0v) is 20.2. The van der Waals surface area contributed by atoms with Crippen molar-refractivity contribution in [2.75, 3.05) is 18.0 Å². The van der Waals surface area contributed by atoms with E-state index in [4.69, 9.17) is 15.5 Å². The van der Waals surface area contributed by atoms with Crippen LogP contribution in [0.5, 0.6) is 11.5 Å². The van der Waals surface area contributed by atoms with Crippen LogP contribution in [0.1, 0.15) is 16.8 Å². The monoisotopic (exact) mass is 512 g/mol. The number of nitrogens with zero attached hydrogens (tertiary/aromatic N) is 2. The minimum atomic E-state index is -0.924. The summed E-state index contributed by atoms with van der Waals surface area (Å²) in [5.74, 6) is 0.453. The number of anilines is 1. The number of benzene rings is 2. The van der Waals surface area contributed by atoms with E-state index in [1.165, 1.54) is 6.08 Å². The number of nitrogens with one attached hydrogen (secondary N) is 3. The number of primary amides is 1. The Balaban J connectivity index is 1.61. The number of nitrogens with two attached hydrogens (primary N) is 1. The molecule has 0 bridgehead atoms. The molecule has 2 amide bonds. The van der Waals surface area contributed by atoms with E-state index in [0.29, 0.717) is 42.4 Å². The number of hydrogen-bond donors (Lipinski definition) is 4. The first-order valence-corrected chi connectivity index (χ1v) is 11.9. The molecule has 1 aliphatic heterocycles. The van der Waals surface area contributed by atoms with Crippen LogP contribution >= 0.6 is 0 Å². The lowest BCUT2D eigenvalue weighted by molar-refractivity contribution is -0.117. The molecule has 0 saturated carbocycles. The first kappa shape index (κ1) is 24.5. The molecule has 38 heavy (non-hydrogen) atoms. The molecule has 4 aromatic rings. The topological polar surface area (TPSA) is 163 Å². The Kier molecular flexibility index (Phi) is 6.48. The van der Waals surface area contributed by atoms with Gasteiger partial charge in [-0.1, -0.05) is 24.8 Å². The molecule has 0 radical (unpaired) electrons. The molecule has 0 aliphatic carbocycles. The standard InChI is InChI=1S/C27H24N6O5/c1-2-19(34)29-16-12-13-33(14-16)25-23-22(31-26(36)27(37)32-23)20(24(28)35)21(30-25)15-8-10-18(11-9-15)38-17-6-4-3-5-7-17/h2-11,16H,1,12-14H2,(H2,28,35)(H,29,34)(H,31,36)(H,32,37). The number of aromatic amines is 2. The molecule has 2 aromatic carbocycles. The van der Waals surface area contributed by atoms with Crippen LogP contribution in [0, 0.1) is 0 Å². The second kappa shape index (κ2) is 10.1. The molecule has 5 N–H and O–H groups in total. The second-order valence-corrected chi connectivity index (χ2v) is 8.77. The second-order valence-electron chi connectivity index (χ2n) is 8.77. The molecule has 1 atom stereocenters. The molecular weight excluding hydrogens is 488 g/mol. The highest BCUT2D eigenvalue weighted by Crippen LogP contribution is 2.34. The van der Waals surface area contributed by atoms with E-state index in [9.17, 15) is 19.2 Å². The minimum Gasteiger partial charge on any atom is -0.457 e. The van der Waals surface area contributed by atoms with Crippen molar-refractivity contribution < 1.29 is 14.3 Å². The van der Waals surface area contributed by atoms with Gasteiger partial charge in [0.15, 0.2) is 5.82 Å². The molecule has 3 heterocycles. The number of rotatable bonds is 7. The van der Waals surface area contributed by atoms with E-state index in [-0.39, 0.29) is 34.2 Å². The normalized spacial score (nSPS) is 14.8. The number of carbonyl (C=O) groups excluding carboxylic acids is 2. The summed E-state index contributed by atoms with van der Waals surface area (Å²) in [4.78, 5) is 60.6. The Labute approximate surface area is 216 Å². The highest BCUT2D eigenvalue weighted by atomic mass is 16.5. The fourth-order valence-corrected chi connectivity index (χ4v) is 4.47. The average molecular weight is 513 g/mol. The lowest BCUT2D eigenvalue weighted by Gasteiger charge is -2.22. The van der Waals surface area contributed by atoms with Crippen LogP contribution in [0.3, 0.4) is 0 Å². The molecule has 11 nitrogen and oxygen atoms in total. The molecule has 192 valence electrons. The number of amides is 2. The Morgan fingerprint density at radius 1 is 1.03 bits per heavy atom. The Morgan fingerprint density at radius 3 is 2.34 bits per heavy atom. The van der Waals surface area contributed by atoms with Gasteiger partial charge < -0.3 is 30.7 Å². The van der Waals surface area contributed by atoms with E-state index in [2.05, 4.69) is 21.9 Å². The summed E-state index contributed by atoms with van der Waals surface area (Å²) in [6, 6.07) is 16.0. The number of H-pyrrole nitrogens is 2. The lowest BCUT2D eigenvalue weighted by atomic mass is 10.0. The van der Waals surface area contributed by atoms with Crippen molar-refractivity contribution in [1.29, 1.82) is 0 Å². The van der Waals surface area contributed by atoms with Gasteiger partial charge in [-0.2, -0.15) is 0 Å². The number of hydrogen-bond acceptors (Lipinski definition) is 7. The molecule has 1 unspecified atom stereocenters. The number of carbonyl (C=O) groups is 2. The molecule has 2 aromatic heterocycles. The molecule has 5 rings (SSSR count). The fraction of sp³-hybridized carbons (Fsp3) is 0.148. The van der Waals surface area contributed by atoms with Crippen molar-refractivity contribution in [3.63, 3.8) is 0 Å². The van der Waals surface area contributed by atoms with Crippen molar-refractivity contribution in [2.24, 2.45) is 5.73 Å². The van der Waals surface area contributed by atoms with Crippen molar-refractivity contribution in [2.45, 2.75) is 12.5 Å². The third kappa shape index (κ3) is 4.76. The SMILES string of the molecule is C=CC(=O)NC1CCN(c2nc(-c3ccc(Oc4ccccc4)cc3)c(C(N)=O)c3[nH]c(=O)c(=O)[nH]c23)C1. The van der Waals surface area contributed by atoms with Gasteiger partial charge in [-0.25, -0.2) is 4.98 Å². The molecule has 0 spiro atoms. The minimum absolute atomic E-state index is 0.0375. The van der Waals surface area contributed by atoms with Gasteiger partial charge in [0.2, 0.25) is 5.91 Å². The summed E-state index contributed by atoms with van der Waals surface area (Å²) in [7, 11) is 0. The predicted octanol–water partition coefficient (Wildman–Crippen LogP) is 2.05. The van der Waals surface area contributed by atoms with Crippen LogP contribution in [0.15, 0.2) is 76.8 Å². The van der Waals surface area contributed by atoms with E-state index in [1.54, 1.807) is 24.3 Å². The largest absolute Gasteiger partial charge is 0.457 e. The van der Waals surface area contributed by atoms with Crippen LogP contribution in [0.4, 0.5) is 5.82 Å². The van der Waals surface area contributed by atoms with Crippen molar-refractivity contribution in [3.05, 3.63) is 93.5 Å². The number of ether oxygens (including phenoxy) is 1. The van der Waals surface area contributed by atoms with E-state index in [0.717, 1.165) is 0 Å². The van der Waals surface area contributed by atoms with Gasteiger partial charge in [0.1, 0.15) is 17.0 Å². The quantitative estimate of drug-likeness (QED) is 0.217. The van der Waals surface area contributed by atoms with Gasteiger partial charge in [-0.05, 0) is 48.9 Å². The zero-order chi connectivity index (χ0) is 26.8. The van der Waals surface area contributed by atoms with Gasteiger partial charge in [0.25, 0.3) is 5.91 Å². The average Bonchev–Trinajstić information content (AvgIpc) is 3.37. The maximum atomic E-state index is 12.6. The fourth-order valence-electron chi connectivity index (χ4n) is 4.47. The Bertz CT molecular complexity index is 1660. The molecule has 11 heteroatoms. The molecule has 1 saturated heterocycles. The highest BCUT2D eigenvalue weighted by Gasteiger charge is 2.29. The summed E-state index contributed by atoms with van der Waals surface area (Å²) >= 11 is 0. The summed E-state index contributed by atoms with van der Waals surface area (Å²) in [5, 5.41) is 2.85. The third-order valence-electron chi connectivity index (χ3n) is 6.23. The van der Waals surface area contributed by atoms with Crippen molar-refractivity contribution in [3.8, 4) is 22.8 Å². The van der Waals surface area contributed by atoms with Gasteiger partial charge >= 0.3 is 11.1 Å². The number of para-hydroxylation sites is 1. The summed E-state index contributed by atoms with van der Waals surface area (Å²) in [6.45, 7) is 4.37. The summed E-state index contributed by atoms with van der Waals surface area (Å²) in [5.41, 5.74) is 4.92. The first-order valence-electron chi connectivity index (χ1n) is 11.9. The summed E-state index contributed by atoms with van der Waals surface area (Å²) < 4.78 is 5.85. The first-order chi connectivity index (χ1) is 18.3. The number of aromatic nitrogens is 3. The van der Waals surface area contributed by atoms with Crippen LogP contribution < -0.4 is 31.8 Å². The Hall–Kier alpha value is -5.19. The van der Waals surface area contributed by atoms with Crippen LogP contribution in [0.2, 0.25) is 0 Å². The van der Waals surface area contributed by atoms with E-state index >= 15 is 0 Å². The van der Waals surface area contributed by atoms with Crippen LogP contribution in [-0.2, 0) is 4.79 Å². The number of fused-ring (bicyclic) bond motifs is 1. The number of pyridine rings is 1. The predicted molar refractivity (Wildman–Crippen MR) is 142 cm³/mol. The summed E-state index contributed by atoms with van der Waals surface area (Å²) in [6.07, 6.45) is 1.82. The van der Waals surface area contributed by atoms with E-state index in [1.807, 2.05) is 35.2 Å². The van der Waals surface area contributed by atoms with Crippen molar-refractivity contribution >= 4 is 28.7 Å². The lowest BCUT2D eigenvalue weighted by Crippen LogP contribution is -2.36. The van der Waals surface area contributed by atoms with E-state index < -0.39 is 17.0 Å². The highest BCUT2D eigenvalue weighted by molar-refractivity contribution is 6.11. The van der Waals surface area contributed by atoms with Crippen LogP contribution in [0.25, 0.3) is 22.3 Å².